The summed E-state index contributed by atoms with van der Waals surface area (Å²) in [5, 5.41) is 2.23. The van der Waals surface area contributed by atoms with Gasteiger partial charge in [-0.05, 0) is 6.92 Å². The predicted molar refractivity (Wildman–Crippen MR) is 46.2 cm³/mol. The maximum atomic E-state index is 12.5. The molecular formula is C8H15F4NO2. The molecule has 0 fully saturated rings. The van der Waals surface area contributed by atoms with E-state index in [9.17, 15) is 17.6 Å². The van der Waals surface area contributed by atoms with Crippen LogP contribution in [0.25, 0.3) is 0 Å². The van der Waals surface area contributed by atoms with Crippen LogP contribution in [0.15, 0.2) is 0 Å². The van der Waals surface area contributed by atoms with E-state index in [1.54, 1.807) is 0 Å². The zero-order valence-electron chi connectivity index (χ0n) is 8.77. The lowest BCUT2D eigenvalue weighted by atomic mass is 10.3. The average molecular weight is 233 g/mol. The van der Waals surface area contributed by atoms with Crippen LogP contribution in [0.3, 0.4) is 0 Å². The molecule has 0 radical (unpaired) electrons. The van der Waals surface area contributed by atoms with E-state index in [4.69, 9.17) is 9.47 Å². The number of rotatable bonds is 7. The lowest BCUT2D eigenvalue weighted by Gasteiger charge is -2.24. The van der Waals surface area contributed by atoms with Crippen molar-refractivity contribution in [3.05, 3.63) is 0 Å². The molecule has 1 unspecified atom stereocenters. The molecule has 0 bridgehead atoms. The topological polar surface area (TPSA) is 30.5 Å². The highest BCUT2D eigenvalue weighted by Crippen LogP contribution is 2.21. The van der Waals surface area contributed by atoms with Crippen LogP contribution in [0.1, 0.15) is 6.92 Å². The summed E-state index contributed by atoms with van der Waals surface area (Å²) in [6, 6.07) is -0.607. The summed E-state index contributed by atoms with van der Waals surface area (Å²) in [7, 11) is 2.66. The average Bonchev–Trinajstić information content (AvgIpc) is 2.16. The highest BCUT2D eigenvalue weighted by molar-refractivity contribution is 4.75. The first-order valence-corrected chi connectivity index (χ1v) is 4.30. The molecule has 0 aromatic carbocycles. The first-order valence-electron chi connectivity index (χ1n) is 4.30. The largest absolute Gasteiger partial charge is 0.354 e. The third-order valence-corrected chi connectivity index (χ3v) is 1.85. The number of hydrogen-bond donors (Lipinski definition) is 1. The molecule has 7 heteroatoms. The van der Waals surface area contributed by atoms with Gasteiger partial charge in [-0.1, -0.05) is 0 Å². The van der Waals surface area contributed by atoms with Gasteiger partial charge in [0, 0.05) is 14.2 Å². The Morgan fingerprint density at radius 1 is 1.20 bits per heavy atom. The molecule has 0 saturated carbocycles. The van der Waals surface area contributed by atoms with Crippen molar-refractivity contribution in [3.8, 4) is 0 Å². The van der Waals surface area contributed by atoms with Gasteiger partial charge in [0.05, 0.1) is 12.6 Å². The lowest BCUT2D eigenvalue weighted by Crippen LogP contribution is -2.47. The van der Waals surface area contributed by atoms with Crippen LogP contribution in [0.2, 0.25) is 0 Å². The molecule has 0 heterocycles. The van der Waals surface area contributed by atoms with Gasteiger partial charge in [-0.3, -0.25) is 0 Å². The van der Waals surface area contributed by atoms with Gasteiger partial charge >= 0.3 is 12.3 Å². The van der Waals surface area contributed by atoms with Gasteiger partial charge in [0.2, 0.25) is 0 Å². The van der Waals surface area contributed by atoms with E-state index in [-0.39, 0.29) is 0 Å². The molecule has 0 amide bonds. The van der Waals surface area contributed by atoms with Crippen LogP contribution in [0, 0.1) is 0 Å². The van der Waals surface area contributed by atoms with Crippen molar-refractivity contribution in [3.63, 3.8) is 0 Å². The van der Waals surface area contributed by atoms with Crippen molar-refractivity contribution < 1.29 is 27.0 Å². The van der Waals surface area contributed by atoms with Crippen LogP contribution in [-0.2, 0) is 9.47 Å². The third-order valence-electron chi connectivity index (χ3n) is 1.85. The Kier molecular flexibility index (Phi) is 6.07. The number of halogens is 4. The van der Waals surface area contributed by atoms with Crippen molar-refractivity contribution in [1.82, 2.24) is 5.32 Å². The van der Waals surface area contributed by atoms with Crippen LogP contribution in [-0.4, -0.2) is 45.4 Å². The molecule has 0 aromatic rings. The molecule has 92 valence electrons. The molecule has 1 atom stereocenters. The van der Waals surface area contributed by atoms with Gasteiger partial charge in [0.25, 0.3) is 0 Å². The second-order valence-corrected chi connectivity index (χ2v) is 3.07. The van der Waals surface area contributed by atoms with Crippen LogP contribution in [0.5, 0.6) is 0 Å². The fourth-order valence-corrected chi connectivity index (χ4v) is 0.975. The zero-order valence-corrected chi connectivity index (χ0v) is 8.77. The van der Waals surface area contributed by atoms with Crippen LogP contribution >= 0.6 is 0 Å². The molecule has 0 rings (SSSR count). The molecule has 0 aliphatic rings. The first kappa shape index (κ1) is 14.6. The smallest absolute Gasteiger partial charge is 0.319 e. The molecule has 0 spiro atoms. The third kappa shape index (κ3) is 4.76. The maximum Gasteiger partial charge on any atom is 0.319 e. The summed E-state index contributed by atoms with van der Waals surface area (Å²) in [6.45, 7) is 0.383. The molecule has 0 aromatic heterocycles. The van der Waals surface area contributed by atoms with Gasteiger partial charge < -0.3 is 14.8 Å². The standard InChI is InChI=1S/C8H15F4NO2/c1-5(6(14-2)15-3)13-4-8(11,12)7(9)10/h5-7,13H,4H2,1-3H3. The van der Waals surface area contributed by atoms with Crippen molar-refractivity contribution in [2.75, 3.05) is 20.8 Å². The Balaban J connectivity index is 4.04. The summed E-state index contributed by atoms with van der Waals surface area (Å²) in [5.74, 6) is -4.04. The van der Waals surface area contributed by atoms with Crippen molar-refractivity contribution in [2.45, 2.75) is 31.6 Å². The second-order valence-electron chi connectivity index (χ2n) is 3.07. The Bertz CT molecular complexity index is 176. The predicted octanol–water partition coefficient (Wildman–Crippen LogP) is 1.48. The molecule has 15 heavy (non-hydrogen) atoms. The number of ether oxygens (including phenoxy) is 2. The second kappa shape index (κ2) is 6.24. The Morgan fingerprint density at radius 2 is 1.67 bits per heavy atom. The summed E-state index contributed by atoms with van der Waals surface area (Å²) < 4.78 is 58.1. The van der Waals surface area contributed by atoms with E-state index in [0.29, 0.717) is 0 Å². The van der Waals surface area contributed by atoms with E-state index in [2.05, 4.69) is 5.32 Å². The number of hydrogen-bond acceptors (Lipinski definition) is 3. The summed E-state index contributed by atoms with van der Waals surface area (Å²) in [6.07, 6.45) is -4.43. The van der Waals surface area contributed by atoms with Gasteiger partial charge in [0.1, 0.15) is 0 Å². The van der Waals surface area contributed by atoms with Gasteiger partial charge in [-0.15, -0.1) is 0 Å². The van der Waals surface area contributed by atoms with Crippen LogP contribution in [0.4, 0.5) is 17.6 Å². The van der Waals surface area contributed by atoms with Gasteiger partial charge in [-0.2, -0.15) is 8.78 Å². The fourth-order valence-electron chi connectivity index (χ4n) is 0.975. The summed E-state index contributed by atoms with van der Waals surface area (Å²) in [4.78, 5) is 0. The molecular weight excluding hydrogens is 218 g/mol. The maximum absolute atomic E-state index is 12.5. The first-order chi connectivity index (χ1) is 6.85. The lowest BCUT2D eigenvalue weighted by molar-refractivity contribution is -0.142. The Morgan fingerprint density at radius 3 is 2.00 bits per heavy atom. The van der Waals surface area contributed by atoms with E-state index in [0.717, 1.165) is 0 Å². The SMILES string of the molecule is COC(OC)C(C)NCC(F)(F)C(F)F. The molecule has 0 aliphatic carbocycles. The summed E-state index contributed by atoms with van der Waals surface area (Å²) >= 11 is 0. The highest BCUT2D eigenvalue weighted by atomic mass is 19.3. The van der Waals surface area contributed by atoms with Crippen LogP contribution < -0.4 is 5.32 Å². The van der Waals surface area contributed by atoms with Gasteiger partial charge in [-0.25, -0.2) is 8.78 Å². The molecule has 1 N–H and O–H groups in total. The quantitative estimate of drug-likeness (QED) is 0.533. The van der Waals surface area contributed by atoms with E-state index < -0.39 is 31.2 Å². The Labute approximate surface area is 85.7 Å². The minimum Gasteiger partial charge on any atom is -0.354 e. The van der Waals surface area contributed by atoms with Crippen molar-refractivity contribution >= 4 is 0 Å². The number of methoxy groups -OCH3 is 2. The monoisotopic (exact) mass is 233 g/mol. The van der Waals surface area contributed by atoms with Crippen molar-refractivity contribution in [1.29, 1.82) is 0 Å². The number of nitrogens with one attached hydrogen (secondary N) is 1. The highest BCUT2D eigenvalue weighted by Gasteiger charge is 2.40. The zero-order chi connectivity index (χ0) is 12.1. The summed E-state index contributed by atoms with van der Waals surface area (Å²) in [5.41, 5.74) is 0. The molecule has 0 aliphatic heterocycles. The van der Waals surface area contributed by atoms with Crippen molar-refractivity contribution in [2.24, 2.45) is 0 Å². The normalized spacial score (nSPS) is 15.0. The fraction of sp³-hybridized carbons (Fsp3) is 1.00. The van der Waals surface area contributed by atoms with E-state index >= 15 is 0 Å². The van der Waals surface area contributed by atoms with E-state index in [1.807, 2.05) is 0 Å². The molecule has 0 saturated heterocycles. The minimum absolute atomic E-state index is 0.607. The number of alkyl halides is 4. The minimum atomic E-state index is -4.04. The van der Waals surface area contributed by atoms with E-state index in [1.165, 1.54) is 21.1 Å². The molecule has 3 nitrogen and oxygen atoms in total. The Hall–Kier alpha value is -0.400. The van der Waals surface area contributed by atoms with Gasteiger partial charge in [0.15, 0.2) is 6.29 Å².